The van der Waals surface area contributed by atoms with E-state index in [0.29, 0.717) is 24.3 Å². The molecule has 0 aliphatic rings. The highest BCUT2D eigenvalue weighted by atomic mass is 16.5. The van der Waals surface area contributed by atoms with Crippen molar-refractivity contribution in [2.45, 2.75) is 26.2 Å². The van der Waals surface area contributed by atoms with Crippen molar-refractivity contribution in [3.05, 3.63) is 24.3 Å². The number of hydrogen-bond donors (Lipinski definition) is 1. The maximum absolute atomic E-state index is 11.7. The van der Waals surface area contributed by atoms with E-state index in [-0.39, 0.29) is 11.8 Å². The molecule has 0 bridgehead atoms. The first kappa shape index (κ1) is 14.0. The van der Waals surface area contributed by atoms with Crippen molar-refractivity contribution in [1.29, 1.82) is 5.26 Å². The number of nitriles is 1. The third-order valence-corrected chi connectivity index (χ3v) is 2.78. The van der Waals surface area contributed by atoms with E-state index < -0.39 is 0 Å². The maximum atomic E-state index is 11.7. The molecule has 0 fully saturated rings. The summed E-state index contributed by atoms with van der Waals surface area (Å²) in [6.07, 6.45) is 1.72. The van der Waals surface area contributed by atoms with Gasteiger partial charge < -0.3 is 10.1 Å². The number of amides is 1. The molecule has 1 amide bonds. The minimum absolute atomic E-state index is 0.0478. The van der Waals surface area contributed by atoms with Crippen LogP contribution in [0.1, 0.15) is 26.2 Å². The van der Waals surface area contributed by atoms with Crippen LogP contribution in [0.5, 0.6) is 5.75 Å². The lowest BCUT2D eigenvalue weighted by molar-refractivity contribution is -0.116. The van der Waals surface area contributed by atoms with Gasteiger partial charge in [-0.1, -0.05) is 19.1 Å². The number of hydrogen-bond acceptors (Lipinski definition) is 3. The van der Waals surface area contributed by atoms with E-state index in [1.54, 1.807) is 19.2 Å². The fourth-order valence-corrected chi connectivity index (χ4v) is 1.63. The van der Waals surface area contributed by atoms with Crippen LogP contribution in [0.3, 0.4) is 0 Å². The molecule has 1 aromatic carbocycles. The van der Waals surface area contributed by atoms with E-state index in [2.05, 4.69) is 11.4 Å². The Hall–Kier alpha value is -2.02. The number of carbonyl (C=O) groups excluding carboxylic acids is 1. The molecule has 0 aliphatic heterocycles. The fraction of sp³-hybridized carbons (Fsp3) is 0.429. The van der Waals surface area contributed by atoms with Gasteiger partial charge in [0.25, 0.3) is 0 Å². The minimum atomic E-state index is -0.0896. The molecular formula is C14H18N2O2. The van der Waals surface area contributed by atoms with Crippen molar-refractivity contribution in [1.82, 2.24) is 0 Å². The van der Waals surface area contributed by atoms with Gasteiger partial charge in [-0.25, -0.2) is 0 Å². The minimum Gasteiger partial charge on any atom is -0.495 e. The molecule has 0 saturated carbocycles. The summed E-state index contributed by atoms with van der Waals surface area (Å²) >= 11 is 0. The molecule has 0 aliphatic carbocycles. The van der Waals surface area contributed by atoms with Crippen molar-refractivity contribution < 1.29 is 9.53 Å². The van der Waals surface area contributed by atoms with Gasteiger partial charge in [0.2, 0.25) is 5.91 Å². The number of nitrogens with one attached hydrogen (secondary N) is 1. The van der Waals surface area contributed by atoms with Crippen molar-refractivity contribution in [3.63, 3.8) is 0 Å². The van der Waals surface area contributed by atoms with E-state index >= 15 is 0 Å². The molecule has 4 heteroatoms. The molecule has 0 heterocycles. The first-order valence-corrected chi connectivity index (χ1v) is 6.03. The lowest BCUT2D eigenvalue weighted by Gasteiger charge is -2.10. The van der Waals surface area contributed by atoms with Gasteiger partial charge in [0.05, 0.1) is 18.9 Å². The summed E-state index contributed by atoms with van der Waals surface area (Å²) in [6.45, 7) is 1.95. The van der Waals surface area contributed by atoms with Crippen LogP contribution in [0, 0.1) is 17.2 Å². The van der Waals surface area contributed by atoms with Gasteiger partial charge in [-0.05, 0) is 25.0 Å². The molecule has 0 spiro atoms. The van der Waals surface area contributed by atoms with E-state index in [0.717, 1.165) is 6.42 Å². The highest BCUT2D eigenvalue weighted by molar-refractivity contribution is 5.92. The van der Waals surface area contributed by atoms with Crippen LogP contribution < -0.4 is 10.1 Å². The van der Waals surface area contributed by atoms with E-state index in [1.165, 1.54) is 0 Å². The summed E-state index contributed by atoms with van der Waals surface area (Å²) in [5, 5.41) is 11.6. The predicted octanol–water partition coefficient (Wildman–Crippen LogP) is 2.96. The molecule has 0 aromatic heterocycles. The molecule has 96 valence electrons. The normalized spacial score (nSPS) is 11.4. The first-order chi connectivity index (χ1) is 8.71. The second-order valence-electron chi connectivity index (χ2n) is 4.02. The Kier molecular flexibility index (Phi) is 5.72. The number of methoxy groups -OCH3 is 1. The molecule has 0 saturated heterocycles. The zero-order valence-electron chi connectivity index (χ0n) is 10.8. The van der Waals surface area contributed by atoms with Gasteiger partial charge in [-0.2, -0.15) is 5.26 Å². The van der Waals surface area contributed by atoms with Crippen LogP contribution in [0.2, 0.25) is 0 Å². The van der Waals surface area contributed by atoms with Crippen LogP contribution >= 0.6 is 0 Å². The fourth-order valence-electron chi connectivity index (χ4n) is 1.63. The molecule has 4 nitrogen and oxygen atoms in total. The van der Waals surface area contributed by atoms with Crippen LogP contribution in [0.25, 0.3) is 0 Å². The third-order valence-electron chi connectivity index (χ3n) is 2.78. The second-order valence-corrected chi connectivity index (χ2v) is 4.02. The average Bonchev–Trinajstić information content (AvgIpc) is 2.40. The Morgan fingerprint density at radius 2 is 2.22 bits per heavy atom. The summed E-state index contributed by atoms with van der Waals surface area (Å²) in [5.74, 6) is 0.500. The number of nitrogens with zero attached hydrogens (tertiary/aromatic N) is 1. The van der Waals surface area contributed by atoms with Crippen LogP contribution in [-0.4, -0.2) is 13.0 Å². The molecule has 1 atom stereocenters. The van der Waals surface area contributed by atoms with Crippen molar-refractivity contribution in [3.8, 4) is 11.8 Å². The standard InChI is InChI=1S/C14H18N2O2/c1-3-11(10-15)8-9-14(17)16-12-6-4-5-7-13(12)18-2/h4-7,11H,3,8-9H2,1-2H3,(H,16,17). The van der Waals surface area contributed by atoms with Gasteiger partial charge in [0.1, 0.15) is 5.75 Å². The Labute approximate surface area is 108 Å². The zero-order valence-corrected chi connectivity index (χ0v) is 10.8. The van der Waals surface area contributed by atoms with Crippen LogP contribution in [0.15, 0.2) is 24.3 Å². The molecule has 1 rings (SSSR count). The summed E-state index contributed by atoms with van der Waals surface area (Å²) < 4.78 is 5.15. The predicted molar refractivity (Wildman–Crippen MR) is 70.3 cm³/mol. The molecule has 1 unspecified atom stereocenters. The quantitative estimate of drug-likeness (QED) is 0.839. The Bertz CT molecular complexity index is 438. The van der Waals surface area contributed by atoms with Crippen molar-refractivity contribution >= 4 is 11.6 Å². The van der Waals surface area contributed by atoms with Gasteiger partial charge in [0, 0.05) is 12.3 Å². The number of benzene rings is 1. The lowest BCUT2D eigenvalue weighted by atomic mass is 10.0. The summed E-state index contributed by atoms with van der Waals surface area (Å²) in [4.78, 5) is 11.7. The molecule has 1 aromatic rings. The number of rotatable bonds is 6. The monoisotopic (exact) mass is 246 g/mol. The SMILES string of the molecule is CCC(C#N)CCC(=O)Nc1ccccc1OC. The molecule has 0 radical (unpaired) electrons. The van der Waals surface area contributed by atoms with Crippen molar-refractivity contribution in [2.75, 3.05) is 12.4 Å². The highest BCUT2D eigenvalue weighted by Crippen LogP contribution is 2.23. The number of anilines is 1. The van der Waals surface area contributed by atoms with Gasteiger partial charge in [-0.15, -0.1) is 0 Å². The summed E-state index contributed by atoms with van der Waals surface area (Å²) in [5.41, 5.74) is 0.662. The third kappa shape index (κ3) is 4.10. The lowest BCUT2D eigenvalue weighted by Crippen LogP contribution is -2.13. The van der Waals surface area contributed by atoms with E-state index in [4.69, 9.17) is 10.00 Å². The van der Waals surface area contributed by atoms with E-state index in [9.17, 15) is 4.79 Å². The van der Waals surface area contributed by atoms with Gasteiger partial charge in [0.15, 0.2) is 0 Å². The Morgan fingerprint density at radius 1 is 1.50 bits per heavy atom. The van der Waals surface area contributed by atoms with E-state index in [1.807, 2.05) is 19.1 Å². The number of para-hydroxylation sites is 2. The number of carbonyl (C=O) groups is 1. The molecular weight excluding hydrogens is 228 g/mol. The largest absolute Gasteiger partial charge is 0.495 e. The zero-order chi connectivity index (χ0) is 13.4. The number of ether oxygens (including phenoxy) is 1. The summed E-state index contributed by atoms with van der Waals surface area (Å²) in [6, 6.07) is 9.45. The van der Waals surface area contributed by atoms with Gasteiger partial charge in [-0.3, -0.25) is 4.79 Å². The summed E-state index contributed by atoms with van der Waals surface area (Å²) in [7, 11) is 1.56. The molecule has 18 heavy (non-hydrogen) atoms. The van der Waals surface area contributed by atoms with Crippen LogP contribution in [0.4, 0.5) is 5.69 Å². The topological polar surface area (TPSA) is 62.1 Å². The maximum Gasteiger partial charge on any atom is 0.224 e. The van der Waals surface area contributed by atoms with Crippen LogP contribution in [-0.2, 0) is 4.79 Å². The molecule has 1 N–H and O–H groups in total. The first-order valence-electron chi connectivity index (χ1n) is 6.03. The Balaban J connectivity index is 2.52. The van der Waals surface area contributed by atoms with Crippen molar-refractivity contribution in [2.24, 2.45) is 5.92 Å². The Morgan fingerprint density at radius 3 is 2.83 bits per heavy atom. The van der Waals surface area contributed by atoms with Gasteiger partial charge >= 0.3 is 0 Å². The highest BCUT2D eigenvalue weighted by Gasteiger charge is 2.10. The smallest absolute Gasteiger partial charge is 0.224 e. The second kappa shape index (κ2) is 7.33. The average molecular weight is 246 g/mol.